The minimum absolute atomic E-state index is 0.102. The number of hydrogen-bond acceptors (Lipinski definition) is 4. The fraction of sp³-hybridized carbons (Fsp3) is 0.647. The fourth-order valence-corrected chi connectivity index (χ4v) is 5.28. The van der Waals surface area contributed by atoms with Crippen LogP contribution in [0, 0.1) is 5.41 Å². The van der Waals surface area contributed by atoms with Gasteiger partial charge in [-0.25, -0.2) is 8.42 Å². The summed E-state index contributed by atoms with van der Waals surface area (Å²) < 4.78 is 39.1. The lowest BCUT2D eigenvalue weighted by molar-refractivity contribution is -0.141. The van der Waals surface area contributed by atoms with Gasteiger partial charge in [-0.2, -0.15) is 4.31 Å². The summed E-state index contributed by atoms with van der Waals surface area (Å²) in [4.78, 5) is 0.363. The Kier molecular flexibility index (Phi) is 5.06. The number of hydrogen-bond donors (Lipinski definition) is 0. The fourth-order valence-electron chi connectivity index (χ4n) is 3.71. The van der Waals surface area contributed by atoms with Crippen molar-refractivity contribution in [3.63, 3.8) is 0 Å². The van der Waals surface area contributed by atoms with E-state index < -0.39 is 10.0 Å². The smallest absolute Gasteiger partial charge is 0.243 e. The van der Waals surface area contributed by atoms with Crippen LogP contribution in [-0.2, 0) is 19.5 Å². The summed E-state index contributed by atoms with van der Waals surface area (Å²) in [6.07, 6.45) is 2.76. The third kappa shape index (κ3) is 3.31. The van der Waals surface area contributed by atoms with E-state index in [0.29, 0.717) is 31.2 Å². The van der Waals surface area contributed by atoms with Crippen molar-refractivity contribution in [1.82, 2.24) is 4.31 Å². The van der Waals surface area contributed by atoms with E-state index in [4.69, 9.17) is 9.47 Å². The first-order valence-electron chi connectivity index (χ1n) is 8.33. The zero-order chi connectivity index (χ0) is 16.3. The molecule has 0 N–H and O–H groups in total. The molecule has 3 rings (SSSR count). The molecule has 0 bridgehead atoms. The number of piperidine rings is 1. The summed E-state index contributed by atoms with van der Waals surface area (Å²) in [6, 6.07) is 8.68. The Labute approximate surface area is 138 Å². The van der Waals surface area contributed by atoms with Gasteiger partial charge in [0.1, 0.15) is 0 Å². The molecule has 2 heterocycles. The van der Waals surface area contributed by atoms with Gasteiger partial charge in [0.15, 0.2) is 0 Å². The van der Waals surface area contributed by atoms with Crippen molar-refractivity contribution >= 4 is 10.0 Å². The molecular weight excluding hydrogens is 314 g/mol. The summed E-state index contributed by atoms with van der Waals surface area (Å²) in [7, 11) is -3.45. The molecule has 0 aliphatic carbocycles. The van der Waals surface area contributed by atoms with Crippen LogP contribution >= 0.6 is 0 Å². The van der Waals surface area contributed by atoms with Gasteiger partial charge in [-0.05, 0) is 38.3 Å². The lowest BCUT2D eigenvalue weighted by Gasteiger charge is -2.49. The molecule has 5 nitrogen and oxygen atoms in total. The van der Waals surface area contributed by atoms with E-state index in [1.54, 1.807) is 28.6 Å². The highest BCUT2D eigenvalue weighted by Gasteiger charge is 2.48. The molecule has 0 unspecified atom stereocenters. The summed E-state index contributed by atoms with van der Waals surface area (Å²) >= 11 is 0. The van der Waals surface area contributed by atoms with Crippen molar-refractivity contribution in [2.45, 2.75) is 37.2 Å². The third-order valence-electron chi connectivity index (χ3n) is 4.93. The van der Waals surface area contributed by atoms with Crippen molar-refractivity contribution in [3.05, 3.63) is 30.3 Å². The van der Waals surface area contributed by atoms with E-state index in [-0.39, 0.29) is 11.5 Å². The van der Waals surface area contributed by atoms with Crippen LogP contribution in [0.3, 0.4) is 0 Å². The maximum Gasteiger partial charge on any atom is 0.243 e. The molecule has 23 heavy (non-hydrogen) atoms. The summed E-state index contributed by atoms with van der Waals surface area (Å²) in [5, 5.41) is 0. The van der Waals surface area contributed by atoms with Gasteiger partial charge in [0.25, 0.3) is 0 Å². The molecule has 0 amide bonds. The molecule has 0 radical (unpaired) electrons. The molecule has 2 saturated heterocycles. The van der Waals surface area contributed by atoms with Gasteiger partial charge in [-0.15, -0.1) is 0 Å². The molecule has 1 aromatic carbocycles. The predicted octanol–water partition coefficient (Wildman–Crippen LogP) is 2.28. The predicted molar refractivity (Wildman–Crippen MR) is 87.7 cm³/mol. The molecule has 0 aromatic heterocycles. The van der Waals surface area contributed by atoms with E-state index in [1.165, 1.54) is 0 Å². The number of sulfonamides is 1. The maximum atomic E-state index is 12.9. The first kappa shape index (κ1) is 16.9. The van der Waals surface area contributed by atoms with Crippen LogP contribution in [0.4, 0.5) is 0 Å². The minimum atomic E-state index is -3.45. The number of benzene rings is 1. The SMILES string of the molecule is CCOC[C@]12CCCO[C@H]1CCN(S(=O)(=O)c1ccccc1)C2. The highest BCUT2D eigenvalue weighted by Crippen LogP contribution is 2.41. The molecule has 128 valence electrons. The highest BCUT2D eigenvalue weighted by atomic mass is 32.2. The molecule has 2 fully saturated rings. The topological polar surface area (TPSA) is 55.8 Å². The Bertz CT molecular complexity index is 619. The largest absolute Gasteiger partial charge is 0.381 e. The number of nitrogens with zero attached hydrogens (tertiary/aromatic N) is 1. The van der Waals surface area contributed by atoms with Gasteiger partial charge in [0, 0.05) is 31.7 Å². The first-order valence-corrected chi connectivity index (χ1v) is 9.77. The van der Waals surface area contributed by atoms with Crippen LogP contribution < -0.4 is 0 Å². The van der Waals surface area contributed by atoms with Gasteiger partial charge < -0.3 is 9.47 Å². The molecule has 0 spiro atoms. The van der Waals surface area contributed by atoms with E-state index in [2.05, 4.69) is 0 Å². The first-order chi connectivity index (χ1) is 11.1. The Hall–Kier alpha value is -0.950. The van der Waals surface area contributed by atoms with Crippen LogP contribution in [-0.4, -0.2) is 51.7 Å². The van der Waals surface area contributed by atoms with E-state index in [1.807, 2.05) is 13.0 Å². The summed E-state index contributed by atoms with van der Waals surface area (Å²) in [5.74, 6) is 0. The van der Waals surface area contributed by atoms with Crippen LogP contribution in [0.15, 0.2) is 35.2 Å². The Morgan fingerprint density at radius 1 is 1.35 bits per heavy atom. The minimum Gasteiger partial charge on any atom is -0.381 e. The van der Waals surface area contributed by atoms with Crippen LogP contribution in [0.5, 0.6) is 0 Å². The zero-order valence-electron chi connectivity index (χ0n) is 13.6. The van der Waals surface area contributed by atoms with E-state index in [0.717, 1.165) is 25.9 Å². The Morgan fingerprint density at radius 3 is 2.87 bits per heavy atom. The van der Waals surface area contributed by atoms with Crippen molar-refractivity contribution in [1.29, 1.82) is 0 Å². The summed E-state index contributed by atoms with van der Waals surface area (Å²) in [5.41, 5.74) is -0.214. The van der Waals surface area contributed by atoms with E-state index >= 15 is 0 Å². The lowest BCUT2D eigenvalue weighted by atomic mass is 9.73. The molecule has 6 heteroatoms. The van der Waals surface area contributed by atoms with Gasteiger partial charge in [0.05, 0.1) is 17.6 Å². The second-order valence-corrected chi connectivity index (χ2v) is 8.34. The molecule has 2 aliphatic rings. The average Bonchev–Trinajstić information content (AvgIpc) is 2.60. The standard InChI is InChI=1S/C17H25NO4S/c1-2-21-14-17-10-6-12-22-16(17)9-11-18(13-17)23(19,20)15-7-4-3-5-8-15/h3-5,7-8,16H,2,6,9-14H2,1H3/t16-,17+/m0/s1. The number of rotatable bonds is 5. The maximum absolute atomic E-state index is 12.9. The van der Waals surface area contributed by atoms with Gasteiger partial charge in [-0.3, -0.25) is 0 Å². The normalized spacial score (nSPS) is 29.2. The van der Waals surface area contributed by atoms with Crippen LogP contribution in [0.2, 0.25) is 0 Å². The zero-order valence-corrected chi connectivity index (χ0v) is 14.4. The third-order valence-corrected chi connectivity index (χ3v) is 6.79. The van der Waals surface area contributed by atoms with Crippen molar-refractivity contribution in [2.24, 2.45) is 5.41 Å². The average molecular weight is 339 g/mol. The van der Waals surface area contributed by atoms with Crippen molar-refractivity contribution in [2.75, 3.05) is 32.9 Å². The molecule has 2 aliphatic heterocycles. The van der Waals surface area contributed by atoms with Gasteiger partial charge in [0.2, 0.25) is 10.0 Å². The molecule has 1 aromatic rings. The molecule has 0 saturated carbocycles. The Balaban J connectivity index is 1.85. The Morgan fingerprint density at radius 2 is 2.13 bits per heavy atom. The van der Waals surface area contributed by atoms with Crippen molar-refractivity contribution < 1.29 is 17.9 Å². The van der Waals surface area contributed by atoms with Crippen LogP contribution in [0.1, 0.15) is 26.2 Å². The van der Waals surface area contributed by atoms with Gasteiger partial charge >= 0.3 is 0 Å². The highest BCUT2D eigenvalue weighted by molar-refractivity contribution is 7.89. The number of ether oxygens (including phenoxy) is 2. The van der Waals surface area contributed by atoms with Gasteiger partial charge in [-0.1, -0.05) is 18.2 Å². The second kappa shape index (κ2) is 6.89. The van der Waals surface area contributed by atoms with E-state index in [9.17, 15) is 8.42 Å². The quantitative estimate of drug-likeness (QED) is 0.826. The monoisotopic (exact) mass is 339 g/mol. The molecule has 2 atom stereocenters. The molecular formula is C17H25NO4S. The number of fused-ring (bicyclic) bond motifs is 1. The second-order valence-electron chi connectivity index (χ2n) is 6.40. The van der Waals surface area contributed by atoms with Crippen molar-refractivity contribution in [3.8, 4) is 0 Å². The van der Waals surface area contributed by atoms with Crippen LogP contribution in [0.25, 0.3) is 0 Å². The summed E-state index contributed by atoms with van der Waals surface area (Å²) in [6.45, 7) is 4.93. The lowest BCUT2D eigenvalue weighted by Crippen LogP contribution is -2.58.